The minimum atomic E-state index is -0.509. The van der Waals surface area contributed by atoms with E-state index in [4.69, 9.17) is 11.6 Å². The molecule has 2 aromatic heterocycles. The van der Waals surface area contributed by atoms with Crippen molar-refractivity contribution in [2.75, 3.05) is 5.43 Å². The number of carbonyl (C=O) groups excluding carboxylic acids is 1. The Hall–Kier alpha value is -2.08. The number of imidazole rings is 1. The summed E-state index contributed by atoms with van der Waals surface area (Å²) >= 11 is 0. The first-order chi connectivity index (χ1) is 6.74. The summed E-state index contributed by atoms with van der Waals surface area (Å²) in [5.74, 6) is 5.42. The molecule has 0 aromatic carbocycles. The number of hydrazine groups is 1. The Kier molecular flexibility index (Phi) is 1.83. The second-order valence-electron chi connectivity index (χ2n) is 2.76. The van der Waals surface area contributed by atoms with Crippen LogP contribution in [0, 0.1) is 0 Å². The van der Waals surface area contributed by atoms with E-state index in [9.17, 15) is 4.79 Å². The van der Waals surface area contributed by atoms with Gasteiger partial charge in [0.25, 0.3) is 5.91 Å². The monoisotopic (exact) mass is 191 g/mol. The van der Waals surface area contributed by atoms with Crippen LogP contribution in [0.15, 0.2) is 24.5 Å². The van der Waals surface area contributed by atoms with Crippen molar-refractivity contribution in [3.8, 4) is 0 Å². The zero-order chi connectivity index (χ0) is 10.1. The van der Waals surface area contributed by atoms with Gasteiger partial charge in [-0.1, -0.05) is 0 Å². The molecule has 2 aromatic rings. The molecule has 0 radical (unpaired) electrons. The first-order valence-corrected chi connectivity index (χ1v) is 3.96. The van der Waals surface area contributed by atoms with Gasteiger partial charge in [0.05, 0.1) is 5.56 Å². The van der Waals surface area contributed by atoms with E-state index in [0.29, 0.717) is 17.0 Å². The Morgan fingerprint density at radius 2 is 2.29 bits per heavy atom. The number of primary amides is 1. The summed E-state index contributed by atoms with van der Waals surface area (Å²) in [6.45, 7) is 0. The molecule has 6 heteroatoms. The summed E-state index contributed by atoms with van der Waals surface area (Å²) in [5, 5.41) is 0. The van der Waals surface area contributed by atoms with E-state index in [1.54, 1.807) is 28.9 Å². The van der Waals surface area contributed by atoms with Crippen molar-refractivity contribution in [3.05, 3.63) is 30.1 Å². The number of aromatic nitrogens is 2. The maximum atomic E-state index is 11.0. The predicted octanol–water partition coefficient (Wildman–Crippen LogP) is -0.281. The van der Waals surface area contributed by atoms with Crippen LogP contribution in [-0.4, -0.2) is 15.3 Å². The summed E-state index contributed by atoms with van der Waals surface area (Å²) in [4.78, 5) is 15.0. The third-order valence-corrected chi connectivity index (χ3v) is 1.96. The molecule has 0 atom stereocenters. The molecular weight excluding hydrogens is 182 g/mol. The molecule has 2 heterocycles. The zero-order valence-electron chi connectivity index (χ0n) is 7.27. The average molecular weight is 191 g/mol. The van der Waals surface area contributed by atoms with Crippen LogP contribution in [0.4, 0.5) is 5.82 Å². The van der Waals surface area contributed by atoms with Gasteiger partial charge in [-0.05, 0) is 12.1 Å². The molecule has 0 saturated heterocycles. The fourth-order valence-electron chi connectivity index (χ4n) is 1.32. The number of rotatable bonds is 2. The molecule has 14 heavy (non-hydrogen) atoms. The molecule has 0 fully saturated rings. The van der Waals surface area contributed by atoms with Gasteiger partial charge in [0.1, 0.15) is 5.82 Å². The van der Waals surface area contributed by atoms with E-state index in [-0.39, 0.29) is 0 Å². The number of pyridine rings is 1. The van der Waals surface area contributed by atoms with Crippen molar-refractivity contribution in [3.63, 3.8) is 0 Å². The molecule has 0 aliphatic rings. The predicted molar refractivity (Wildman–Crippen MR) is 51.5 cm³/mol. The van der Waals surface area contributed by atoms with E-state index in [1.165, 1.54) is 0 Å². The number of anilines is 1. The van der Waals surface area contributed by atoms with Gasteiger partial charge in [0.15, 0.2) is 5.65 Å². The minimum Gasteiger partial charge on any atom is -0.365 e. The topological polar surface area (TPSA) is 98.4 Å². The Bertz CT molecular complexity index is 489. The molecule has 2 rings (SSSR count). The van der Waals surface area contributed by atoms with E-state index in [0.717, 1.165) is 0 Å². The zero-order valence-corrected chi connectivity index (χ0v) is 7.27. The number of nitrogens with zero attached hydrogens (tertiary/aromatic N) is 2. The van der Waals surface area contributed by atoms with Crippen LogP contribution < -0.4 is 17.0 Å². The number of hydrogen-bond acceptors (Lipinski definition) is 4. The van der Waals surface area contributed by atoms with Crippen LogP contribution in [0.5, 0.6) is 0 Å². The molecule has 0 aliphatic carbocycles. The van der Waals surface area contributed by atoms with Crippen molar-refractivity contribution in [1.82, 2.24) is 9.38 Å². The lowest BCUT2D eigenvalue weighted by atomic mass is 10.2. The third-order valence-electron chi connectivity index (χ3n) is 1.96. The van der Waals surface area contributed by atoms with Crippen LogP contribution in [0.25, 0.3) is 5.65 Å². The van der Waals surface area contributed by atoms with Crippen molar-refractivity contribution >= 4 is 17.4 Å². The lowest BCUT2D eigenvalue weighted by Gasteiger charge is -2.05. The van der Waals surface area contributed by atoms with Crippen molar-refractivity contribution < 1.29 is 4.79 Å². The number of carbonyl (C=O) groups is 1. The average Bonchev–Trinajstić information content (AvgIpc) is 2.64. The first-order valence-electron chi connectivity index (χ1n) is 3.96. The molecule has 6 nitrogen and oxygen atoms in total. The van der Waals surface area contributed by atoms with Gasteiger partial charge in [0, 0.05) is 12.4 Å². The van der Waals surface area contributed by atoms with Gasteiger partial charge in [-0.3, -0.25) is 9.20 Å². The minimum absolute atomic E-state index is 0.369. The number of nitrogens with two attached hydrogens (primary N) is 2. The Balaban J connectivity index is 2.78. The summed E-state index contributed by atoms with van der Waals surface area (Å²) in [6, 6.07) is 3.24. The number of nitrogen functional groups attached to an aromatic ring is 1. The first kappa shape index (κ1) is 8.52. The number of fused-ring (bicyclic) bond motifs is 1. The fraction of sp³-hybridized carbons (Fsp3) is 0. The molecule has 0 unspecified atom stereocenters. The molecule has 5 N–H and O–H groups in total. The molecular formula is C8H9N5O. The van der Waals surface area contributed by atoms with Gasteiger partial charge in [-0.25, -0.2) is 10.8 Å². The number of hydrogen-bond donors (Lipinski definition) is 3. The normalized spacial score (nSPS) is 10.4. The number of amides is 1. The standard InChI is InChI=1S/C8H9N5O/c9-7(14)5-1-2-6(12-10)13-4-3-11-8(5)13/h1-4,12H,10H2,(H2,9,14). The number of nitrogens with one attached hydrogen (secondary N) is 1. The lowest BCUT2D eigenvalue weighted by Crippen LogP contribution is -2.15. The van der Waals surface area contributed by atoms with Crippen LogP contribution in [0.1, 0.15) is 10.4 Å². The van der Waals surface area contributed by atoms with Crippen LogP contribution in [0.2, 0.25) is 0 Å². The third kappa shape index (κ3) is 1.09. The van der Waals surface area contributed by atoms with Crippen LogP contribution in [0.3, 0.4) is 0 Å². The highest BCUT2D eigenvalue weighted by Crippen LogP contribution is 2.14. The fourth-order valence-corrected chi connectivity index (χ4v) is 1.32. The highest BCUT2D eigenvalue weighted by Gasteiger charge is 2.09. The maximum Gasteiger partial charge on any atom is 0.252 e. The van der Waals surface area contributed by atoms with Crippen molar-refractivity contribution in [1.29, 1.82) is 0 Å². The highest BCUT2D eigenvalue weighted by molar-refractivity contribution is 5.99. The maximum absolute atomic E-state index is 11.0. The van der Waals surface area contributed by atoms with E-state index in [2.05, 4.69) is 10.4 Å². The summed E-state index contributed by atoms with van der Waals surface area (Å²) in [7, 11) is 0. The Morgan fingerprint density at radius 3 is 2.93 bits per heavy atom. The van der Waals surface area contributed by atoms with Gasteiger partial charge < -0.3 is 11.2 Å². The summed E-state index contributed by atoms with van der Waals surface area (Å²) in [5.41, 5.74) is 8.54. The Labute approximate surface area is 79.5 Å². The van der Waals surface area contributed by atoms with Crippen LogP contribution >= 0.6 is 0 Å². The van der Waals surface area contributed by atoms with Gasteiger partial charge in [0.2, 0.25) is 0 Å². The second-order valence-corrected chi connectivity index (χ2v) is 2.76. The van der Waals surface area contributed by atoms with Gasteiger partial charge >= 0.3 is 0 Å². The summed E-state index contributed by atoms with van der Waals surface area (Å²) in [6.07, 6.45) is 3.26. The lowest BCUT2D eigenvalue weighted by molar-refractivity contribution is 0.100. The Morgan fingerprint density at radius 1 is 1.50 bits per heavy atom. The van der Waals surface area contributed by atoms with Crippen molar-refractivity contribution in [2.45, 2.75) is 0 Å². The largest absolute Gasteiger partial charge is 0.365 e. The van der Waals surface area contributed by atoms with E-state index < -0.39 is 5.91 Å². The molecule has 1 amide bonds. The second kappa shape index (κ2) is 3.00. The molecule has 0 saturated carbocycles. The molecule has 0 aliphatic heterocycles. The molecule has 0 spiro atoms. The van der Waals surface area contributed by atoms with E-state index >= 15 is 0 Å². The highest BCUT2D eigenvalue weighted by atomic mass is 16.1. The molecule has 0 bridgehead atoms. The summed E-state index contributed by atoms with van der Waals surface area (Å²) < 4.78 is 1.65. The smallest absolute Gasteiger partial charge is 0.252 e. The van der Waals surface area contributed by atoms with Crippen molar-refractivity contribution in [2.24, 2.45) is 11.6 Å². The SMILES string of the molecule is NNc1ccc(C(N)=O)c2nccn12. The quantitative estimate of drug-likeness (QED) is 0.449. The van der Waals surface area contributed by atoms with Crippen LogP contribution in [-0.2, 0) is 0 Å². The van der Waals surface area contributed by atoms with Gasteiger partial charge in [-0.2, -0.15) is 0 Å². The van der Waals surface area contributed by atoms with E-state index in [1.807, 2.05) is 0 Å². The molecule has 72 valence electrons. The van der Waals surface area contributed by atoms with Gasteiger partial charge in [-0.15, -0.1) is 0 Å².